The maximum atomic E-state index is 4.30. The van der Waals surface area contributed by atoms with Gasteiger partial charge in [-0.25, -0.2) is 0 Å². The molecule has 1 N–H and O–H groups in total. The molecular weight excluding hydrogens is 254 g/mol. The summed E-state index contributed by atoms with van der Waals surface area (Å²) in [7, 11) is 0. The average Bonchev–Trinajstić information content (AvgIpc) is 2.78. The van der Waals surface area contributed by atoms with Crippen molar-refractivity contribution in [1.82, 2.24) is 5.32 Å². The van der Waals surface area contributed by atoms with Gasteiger partial charge in [-0.05, 0) is 62.2 Å². The van der Waals surface area contributed by atoms with Gasteiger partial charge in [0.05, 0.1) is 0 Å². The zero-order valence-electron chi connectivity index (χ0n) is 16.2. The molecule has 0 radical (unpaired) electrons. The molecule has 0 bridgehead atoms. The minimum atomic E-state index is 0.314. The quantitative estimate of drug-likeness (QED) is 0.552. The summed E-state index contributed by atoms with van der Waals surface area (Å²) in [5.41, 5.74) is 1.49. The molecule has 1 heteroatoms. The Kier molecular flexibility index (Phi) is 5.98. The summed E-state index contributed by atoms with van der Waals surface area (Å²) in [5.74, 6) is 0. The van der Waals surface area contributed by atoms with Crippen molar-refractivity contribution >= 4 is 0 Å². The predicted molar refractivity (Wildman–Crippen MR) is 95.8 cm³/mol. The molecule has 0 aromatic carbocycles. The Bertz CT molecular complexity index is 283. The third kappa shape index (κ3) is 1.98. The van der Waals surface area contributed by atoms with Crippen molar-refractivity contribution in [3.63, 3.8) is 0 Å². The molecule has 0 saturated carbocycles. The molecule has 1 heterocycles. The monoisotopic (exact) mass is 295 g/mol. The van der Waals surface area contributed by atoms with Gasteiger partial charge in [0.15, 0.2) is 0 Å². The van der Waals surface area contributed by atoms with Crippen LogP contribution in [0.3, 0.4) is 0 Å². The second-order valence-corrected chi connectivity index (χ2v) is 7.28. The Hall–Kier alpha value is -0.0400. The van der Waals surface area contributed by atoms with Gasteiger partial charge in [-0.3, -0.25) is 0 Å². The topological polar surface area (TPSA) is 12.0 Å². The molecule has 1 aliphatic heterocycles. The molecule has 0 spiro atoms. The lowest BCUT2D eigenvalue weighted by atomic mass is 9.47. The van der Waals surface area contributed by atoms with Crippen LogP contribution >= 0.6 is 0 Å². The molecule has 1 fully saturated rings. The van der Waals surface area contributed by atoms with Gasteiger partial charge in [0.1, 0.15) is 0 Å². The minimum absolute atomic E-state index is 0.314. The molecule has 0 aromatic rings. The van der Waals surface area contributed by atoms with Crippen LogP contribution in [-0.2, 0) is 0 Å². The lowest BCUT2D eigenvalue weighted by Crippen LogP contribution is -2.54. The summed E-state index contributed by atoms with van der Waals surface area (Å²) in [6, 6.07) is 0. The molecule has 1 saturated heterocycles. The Labute approximate surface area is 134 Å². The minimum Gasteiger partial charge on any atom is -0.305 e. The largest absolute Gasteiger partial charge is 0.305 e. The van der Waals surface area contributed by atoms with Gasteiger partial charge in [0.2, 0.25) is 0 Å². The van der Waals surface area contributed by atoms with Crippen LogP contribution in [0.2, 0.25) is 0 Å². The summed E-state index contributed by atoms with van der Waals surface area (Å²) in [4.78, 5) is 0. The van der Waals surface area contributed by atoms with Crippen LogP contribution in [0.1, 0.15) is 107 Å². The van der Waals surface area contributed by atoms with Gasteiger partial charge >= 0.3 is 0 Å². The summed E-state index contributed by atoms with van der Waals surface area (Å²) in [6.07, 6.45) is 10.3. The Morgan fingerprint density at radius 3 is 0.810 bits per heavy atom. The molecule has 0 atom stereocenters. The highest BCUT2D eigenvalue weighted by molar-refractivity contribution is 5.26. The Morgan fingerprint density at radius 1 is 0.429 bits per heavy atom. The lowest BCUT2D eigenvalue weighted by Gasteiger charge is -2.56. The molecule has 0 aromatic heterocycles. The van der Waals surface area contributed by atoms with E-state index in [9.17, 15) is 0 Å². The van der Waals surface area contributed by atoms with Crippen LogP contribution < -0.4 is 5.32 Å². The molecular formula is C20H41N. The Morgan fingerprint density at radius 2 is 0.667 bits per heavy atom. The third-order valence-corrected chi connectivity index (χ3v) is 8.06. The van der Waals surface area contributed by atoms with Crippen molar-refractivity contribution < 1.29 is 0 Å². The van der Waals surface area contributed by atoms with Crippen molar-refractivity contribution in [3.05, 3.63) is 0 Å². The van der Waals surface area contributed by atoms with E-state index >= 15 is 0 Å². The lowest BCUT2D eigenvalue weighted by molar-refractivity contribution is -0.0388. The van der Waals surface area contributed by atoms with Crippen molar-refractivity contribution in [2.24, 2.45) is 10.8 Å². The highest BCUT2D eigenvalue weighted by atomic mass is 15.2. The predicted octanol–water partition coefficient (Wildman–Crippen LogP) is 6.32. The third-order valence-electron chi connectivity index (χ3n) is 8.06. The highest BCUT2D eigenvalue weighted by Crippen LogP contribution is 2.69. The van der Waals surface area contributed by atoms with Crippen molar-refractivity contribution in [1.29, 1.82) is 0 Å². The van der Waals surface area contributed by atoms with E-state index < -0.39 is 0 Å². The van der Waals surface area contributed by atoms with Gasteiger partial charge in [0, 0.05) is 11.1 Å². The molecule has 1 nitrogen and oxygen atoms in total. The first-order valence-corrected chi connectivity index (χ1v) is 9.74. The summed E-state index contributed by atoms with van der Waals surface area (Å²) < 4.78 is 0. The first-order valence-electron chi connectivity index (χ1n) is 9.74. The van der Waals surface area contributed by atoms with Crippen molar-refractivity contribution in [2.45, 2.75) is 118 Å². The van der Waals surface area contributed by atoms with E-state index in [-0.39, 0.29) is 0 Å². The molecule has 0 amide bonds. The van der Waals surface area contributed by atoms with E-state index in [1.54, 1.807) is 0 Å². The normalized spacial score (nSPS) is 25.1. The van der Waals surface area contributed by atoms with Gasteiger partial charge in [-0.2, -0.15) is 0 Å². The Balaban J connectivity index is 3.71. The zero-order chi connectivity index (χ0) is 16.4. The number of nitrogens with one attached hydrogen (secondary N) is 1. The zero-order valence-corrected chi connectivity index (χ0v) is 16.2. The van der Waals surface area contributed by atoms with E-state index in [4.69, 9.17) is 0 Å². The molecule has 0 unspecified atom stereocenters. The highest BCUT2D eigenvalue weighted by Gasteiger charge is 2.71. The molecule has 21 heavy (non-hydrogen) atoms. The second kappa shape index (κ2) is 6.60. The van der Waals surface area contributed by atoms with E-state index in [0.29, 0.717) is 21.9 Å². The fourth-order valence-corrected chi connectivity index (χ4v) is 7.03. The number of rotatable bonds is 8. The van der Waals surface area contributed by atoms with Gasteiger partial charge in [0.25, 0.3) is 0 Å². The number of hydrogen-bond acceptors (Lipinski definition) is 1. The molecule has 1 aliphatic rings. The molecule has 126 valence electrons. The summed E-state index contributed by atoms with van der Waals surface area (Å²) in [6.45, 7) is 19.4. The van der Waals surface area contributed by atoms with E-state index in [1.165, 1.54) is 51.4 Å². The van der Waals surface area contributed by atoms with E-state index in [0.717, 1.165) is 0 Å². The van der Waals surface area contributed by atoms with Crippen LogP contribution in [0.4, 0.5) is 0 Å². The van der Waals surface area contributed by atoms with Crippen LogP contribution in [-0.4, -0.2) is 11.1 Å². The van der Waals surface area contributed by atoms with E-state index in [2.05, 4.69) is 60.7 Å². The fraction of sp³-hybridized carbons (Fsp3) is 1.00. The van der Waals surface area contributed by atoms with Crippen LogP contribution in [0.15, 0.2) is 0 Å². The summed E-state index contributed by atoms with van der Waals surface area (Å²) >= 11 is 0. The smallest absolute Gasteiger partial charge is 0.0243 e. The van der Waals surface area contributed by atoms with Crippen LogP contribution in [0.25, 0.3) is 0 Å². The second-order valence-electron chi connectivity index (χ2n) is 7.28. The van der Waals surface area contributed by atoms with Gasteiger partial charge < -0.3 is 5.32 Å². The maximum Gasteiger partial charge on any atom is 0.0243 e. The fourth-order valence-electron chi connectivity index (χ4n) is 7.03. The van der Waals surface area contributed by atoms with Crippen LogP contribution in [0.5, 0.6) is 0 Å². The first-order chi connectivity index (χ1) is 9.94. The van der Waals surface area contributed by atoms with E-state index in [1.807, 2.05) is 0 Å². The molecule has 0 aliphatic carbocycles. The first kappa shape index (κ1) is 19.0. The number of hydrogen-bond donors (Lipinski definition) is 1. The summed E-state index contributed by atoms with van der Waals surface area (Å²) in [5, 5.41) is 4.30. The maximum absolute atomic E-state index is 4.30. The SMILES string of the molecule is CCC1(CC)NC(CC)(CC)C(CC)(CC)C1(CC)CC. The average molecular weight is 296 g/mol. The molecule has 1 rings (SSSR count). The van der Waals surface area contributed by atoms with Crippen LogP contribution in [0, 0.1) is 10.8 Å². The van der Waals surface area contributed by atoms with Gasteiger partial charge in [-0.1, -0.05) is 55.4 Å². The van der Waals surface area contributed by atoms with Gasteiger partial charge in [-0.15, -0.1) is 0 Å². The van der Waals surface area contributed by atoms with Crippen molar-refractivity contribution in [3.8, 4) is 0 Å². The van der Waals surface area contributed by atoms with Crippen molar-refractivity contribution in [2.75, 3.05) is 0 Å². The standard InChI is InChI=1S/C20H41N/c1-9-17(10-2)18(11-3,12-4)20(15-7,16-8)21-19(17,13-5)14-6/h21H,9-16H2,1-8H3.